The van der Waals surface area contributed by atoms with Gasteiger partial charge in [-0.15, -0.1) is 11.3 Å². The van der Waals surface area contributed by atoms with E-state index in [0.717, 1.165) is 0 Å². The third kappa shape index (κ3) is 1.78. The van der Waals surface area contributed by atoms with Gasteiger partial charge in [-0.05, 0) is 6.07 Å². The van der Waals surface area contributed by atoms with Gasteiger partial charge in [-0.1, -0.05) is 11.6 Å². The number of ether oxygens (including phenoxy) is 1. The normalized spacial score (nSPS) is 11.1. The van der Waals surface area contributed by atoms with E-state index in [1.54, 1.807) is 11.6 Å². The van der Waals surface area contributed by atoms with Crippen molar-refractivity contribution in [1.29, 1.82) is 0 Å². The van der Waals surface area contributed by atoms with Crippen molar-refractivity contribution in [2.24, 2.45) is 0 Å². The van der Waals surface area contributed by atoms with Crippen molar-refractivity contribution in [2.75, 3.05) is 0 Å². The first-order valence-electron chi connectivity index (χ1n) is 3.64. The first-order valence-corrected chi connectivity index (χ1v) is 4.90. The minimum absolute atomic E-state index is 0.0741. The van der Waals surface area contributed by atoms with Crippen LogP contribution >= 0.6 is 22.9 Å². The van der Waals surface area contributed by atoms with Crippen LogP contribution in [-0.4, -0.2) is 11.6 Å². The summed E-state index contributed by atoms with van der Waals surface area (Å²) in [6.45, 7) is -2.85. The average molecular weight is 236 g/mol. The number of rotatable bonds is 2. The van der Waals surface area contributed by atoms with Crippen LogP contribution in [0.25, 0.3) is 10.2 Å². The van der Waals surface area contributed by atoms with Crippen molar-refractivity contribution in [2.45, 2.75) is 6.61 Å². The van der Waals surface area contributed by atoms with E-state index >= 15 is 0 Å². The van der Waals surface area contributed by atoms with Gasteiger partial charge in [-0.2, -0.15) is 8.78 Å². The van der Waals surface area contributed by atoms with E-state index in [2.05, 4.69) is 9.72 Å². The standard InChI is InChI=1S/C8H4ClF2NOS/c9-4-1-5-7(14-3-12-5)6(2-4)13-8(10)11/h1-3,8H. The number of hydrogen-bond donors (Lipinski definition) is 0. The van der Waals surface area contributed by atoms with Crippen molar-refractivity contribution in [3.05, 3.63) is 22.7 Å². The zero-order chi connectivity index (χ0) is 10.1. The highest BCUT2D eigenvalue weighted by Crippen LogP contribution is 2.33. The van der Waals surface area contributed by atoms with Gasteiger partial charge in [-0.25, -0.2) is 4.98 Å². The van der Waals surface area contributed by atoms with Crippen LogP contribution in [0.5, 0.6) is 5.75 Å². The Balaban J connectivity index is 2.55. The lowest BCUT2D eigenvalue weighted by atomic mass is 10.3. The molecule has 1 aromatic heterocycles. The molecule has 0 bridgehead atoms. The van der Waals surface area contributed by atoms with Gasteiger partial charge in [0.15, 0.2) is 0 Å². The second-order valence-electron chi connectivity index (χ2n) is 2.48. The molecule has 2 nitrogen and oxygen atoms in total. The summed E-state index contributed by atoms with van der Waals surface area (Å²) in [5.74, 6) is 0.0741. The van der Waals surface area contributed by atoms with E-state index in [0.29, 0.717) is 15.2 Å². The van der Waals surface area contributed by atoms with Gasteiger partial charge >= 0.3 is 6.61 Å². The third-order valence-corrected chi connectivity index (χ3v) is 2.65. The maximum absolute atomic E-state index is 12.0. The van der Waals surface area contributed by atoms with Crippen LogP contribution in [0.4, 0.5) is 8.78 Å². The van der Waals surface area contributed by atoms with E-state index in [4.69, 9.17) is 11.6 Å². The molecule has 0 fully saturated rings. The summed E-state index contributed by atoms with van der Waals surface area (Å²) >= 11 is 6.94. The van der Waals surface area contributed by atoms with Gasteiger partial charge < -0.3 is 4.74 Å². The molecule has 0 radical (unpaired) electrons. The van der Waals surface area contributed by atoms with Crippen LogP contribution in [0, 0.1) is 0 Å². The maximum Gasteiger partial charge on any atom is 0.387 e. The Labute approximate surface area is 87.1 Å². The quantitative estimate of drug-likeness (QED) is 0.794. The Morgan fingerprint density at radius 2 is 2.21 bits per heavy atom. The lowest BCUT2D eigenvalue weighted by Gasteiger charge is -2.05. The van der Waals surface area contributed by atoms with Gasteiger partial charge in [0.05, 0.1) is 15.7 Å². The zero-order valence-corrected chi connectivity index (χ0v) is 8.28. The van der Waals surface area contributed by atoms with E-state index in [-0.39, 0.29) is 5.75 Å². The second kappa shape index (κ2) is 3.67. The predicted molar refractivity (Wildman–Crippen MR) is 51.3 cm³/mol. The Bertz CT molecular complexity index is 460. The highest BCUT2D eigenvalue weighted by Gasteiger charge is 2.11. The van der Waals surface area contributed by atoms with E-state index in [1.165, 1.54) is 17.4 Å². The van der Waals surface area contributed by atoms with E-state index in [9.17, 15) is 8.78 Å². The van der Waals surface area contributed by atoms with Crippen molar-refractivity contribution in [3.8, 4) is 5.75 Å². The van der Waals surface area contributed by atoms with Crippen LogP contribution in [0.3, 0.4) is 0 Å². The number of aromatic nitrogens is 1. The first kappa shape index (κ1) is 9.61. The number of nitrogens with zero attached hydrogens (tertiary/aromatic N) is 1. The first-order chi connectivity index (χ1) is 6.66. The molecule has 0 aliphatic heterocycles. The number of thiazole rings is 1. The molecule has 0 amide bonds. The predicted octanol–water partition coefficient (Wildman–Crippen LogP) is 3.55. The fourth-order valence-electron chi connectivity index (χ4n) is 1.09. The smallest absolute Gasteiger partial charge is 0.387 e. The molecule has 2 aromatic rings. The zero-order valence-electron chi connectivity index (χ0n) is 6.71. The fraction of sp³-hybridized carbons (Fsp3) is 0.125. The monoisotopic (exact) mass is 235 g/mol. The van der Waals surface area contributed by atoms with Crippen molar-refractivity contribution >= 4 is 33.2 Å². The SMILES string of the molecule is FC(F)Oc1cc(Cl)cc2ncsc12. The van der Waals surface area contributed by atoms with Crippen LogP contribution in [0.2, 0.25) is 5.02 Å². The van der Waals surface area contributed by atoms with Crippen LogP contribution in [0.1, 0.15) is 0 Å². The Kier molecular flexibility index (Phi) is 2.52. The van der Waals surface area contributed by atoms with Crippen LogP contribution < -0.4 is 4.74 Å². The van der Waals surface area contributed by atoms with Crippen molar-refractivity contribution < 1.29 is 13.5 Å². The summed E-state index contributed by atoms with van der Waals surface area (Å²) < 4.78 is 28.9. The Morgan fingerprint density at radius 1 is 1.43 bits per heavy atom. The van der Waals surface area contributed by atoms with Gasteiger partial charge in [0.1, 0.15) is 5.75 Å². The molecule has 0 aliphatic rings. The lowest BCUT2D eigenvalue weighted by molar-refractivity contribution is -0.0486. The average Bonchev–Trinajstić information content (AvgIpc) is 2.50. The van der Waals surface area contributed by atoms with Crippen LogP contribution in [0.15, 0.2) is 17.6 Å². The van der Waals surface area contributed by atoms with Gasteiger partial charge in [0.2, 0.25) is 0 Å². The summed E-state index contributed by atoms with van der Waals surface area (Å²) in [5, 5.41) is 0.332. The molecule has 1 heterocycles. The van der Waals surface area contributed by atoms with Crippen molar-refractivity contribution in [3.63, 3.8) is 0 Å². The summed E-state index contributed by atoms with van der Waals surface area (Å²) in [6.07, 6.45) is 0. The highest BCUT2D eigenvalue weighted by atomic mass is 35.5. The number of benzene rings is 1. The number of fused-ring (bicyclic) bond motifs is 1. The Morgan fingerprint density at radius 3 is 2.93 bits per heavy atom. The third-order valence-electron chi connectivity index (χ3n) is 1.58. The van der Waals surface area contributed by atoms with E-state index < -0.39 is 6.61 Å². The molecule has 0 unspecified atom stereocenters. The second-order valence-corrected chi connectivity index (χ2v) is 3.77. The number of halogens is 3. The molecule has 0 atom stereocenters. The van der Waals surface area contributed by atoms with Crippen LogP contribution in [-0.2, 0) is 0 Å². The molecule has 14 heavy (non-hydrogen) atoms. The number of alkyl halides is 2. The summed E-state index contributed by atoms with van der Waals surface area (Å²) in [7, 11) is 0. The van der Waals surface area contributed by atoms with Gasteiger partial charge in [-0.3, -0.25) is 0 Å². The summed E-state index contributed by atoms with van der Waals surface area (Å²) in [6, 6.07) is 2.96. The fourth-order valence-corrected chi connectivity index (χ4v) is 2.02. The van der Waals surface area contributed by atoms with Gasteiger partial charge in [0, 0.05) is 11.1 Å². The number of hydrogen-bond acceptors (Lipinski definition) is 3. The molecular formula is C8H4ClF2NOS. The largest absolute Gasteiger partial charge is 0.433 e. The minimum atomic E-state index is -2.85. The molecule has 0 aliphatic carbocycles. The van der Waals surface area contributed by atoms with Gasteiger partial charge in [0.25, 0.3) is 0 Å². The Hall–Kier alpha value is -0.940. The molecule has 0 N–H and O–H groups in total. The molecule has 0 saturated carbocycles. The van der Waals surface area contributed by atoms with Crippen molar-refractivity contribution in [1.82, 2.24) is 4.98 Å². The molecular weight excluding hydrogens is 232 g/mol. The molecule has 6 heteroatoms. The molecule has 0 saturated heterocycles. The molecule has 0 spiro atoms. The minimum Gasteiger partial charge on any atom is -0.433 e. The summed E-state index contributed by atoms with van der Waals surface area (Å²) in [5.41, 5.74) is 2.12. The highest BCUT2D eigenvalue weighted by molar-refractivity contribution is 7.17. The maximum atomic E-state index is 12.0. The molecule has 1 aromatic carbocycles. The topological polar surface area (TPSA) is 22.1 Å². The lowest BCUT2D eigenvalue weighted by Crippen LogP contribution is -2.01. The van der Waals surface area contributed by atoms with E-state index in [1.807, 2.05) is 0 Å². The molecule has 74 valence electrons. The summed E-state index contributed by atoms with van der Waals surface area (Å²) in [4.78, 5) is 3.96. The molecule has 2 rings (SSSR count).